The molecule has 7 nitrogen and oxygen atoms in total. The lowest BCUT2D eigenvalue weighted by molar-refractivity contribution is -0.467. The van der Waals surface area contributed by atoms with E-state index in [-0.39, 0.29) is 0 Å². The number of hydrogen-bond donors (Lipinski definition) is 1. The maximum atomic E-state index is 10.7. The summed E-state index contributed by atoms with van der Waals surface area (Å²) in [6.07, 6.45) is 0. The van der Waals surface area contributed by atoms with Gasteiger partial charge in [0.05, 0.1) is 7.11 Å². The van der Waals surface area contributed by atoms with Gasteiger partial charge in [-0.2, -0.15) is 0 Å². The Morgan fingerprint density at radius 3 is 2.54 bits per heavy atom. The fourth-order valence-electron chi connectivity index (χ4n) is 0.640. The fourth-order valence-corrected chi connectivity index (χ4v) is 0.640. The molecule has 0 radical (unpaired) electrons. The molecule has 0 heterocycles. The van der Waals surface area contributed by atoms with Crippen molar-refractivity contribution in [2.24, 2.45) is 0 Å². The number of nitrogens with one attached hydrogen (secondary N) is 1. The van der Waals surface area contributed by atoms with Crippen LogP contribution in [0.4, 0.5) is 0 Å². The number of ether oxygens (including phenoxy) is 1. The van der Waals surface area contributed by atoms with Crippen LogP contribution in [-0.4, -0.2) is 36.5 Å². The van der Waals surface area contributed by atoms with E-state index in [1.807, 2.05) is 0 Å². The first-order valence-electron chi connectivity index (χ1n) is 3.46. The Morgan fingerprint density at radius 1 is 1.62 bits per heavy atom. The molecule has 7 heteroatoms. The second-order valence-corrected chi connectivity index (χ2v) is 2.30. The van der Waals surface area contributed by atoms with E-state index in [0.717, 1.165) is 0 Å². The van der Waals surface area contributed by atoms with Crippen molar-refractivity contribution in [3.63, 3.8) is 0 Å². The van der Waals surface area contributed by atoms with Crippen molar-refractivity contribution >= 4 is 11.9 Å². The van der Waals surface area contributed by atoms with Crippen molar-refractivity contribution in [2.45, 2.75) is 13.0 Å². The Balaban J connectivity index is 3.91. The number of nitro groups is 1. The summed E-state index contributed by atoms with van der Waals surface area (Å²) in [6, 6.07) is -0.863. The van der Waals surface area contributed by atoms with Crippen LogP contribution in [0.5, 0.6) is 0 Å². The summed E-state index contributed by atoms with van der Waals surface area (Å²) in [6.45, 7) is 0.533. The summed E-state index contributed by atoms with van der Waals surface area (Å²) in [7, 11) is 1.17. The van der Waals surface area contributed by atoms with Gasteiger partial charge in [-0.05, 0) is 6.92 Å². The molecule has 0 aromatic carbocycles. The molecule has 0 rings (SSSR count). The molecule has 0 bridgehead atoms. The van der Waals surface area contributed by atoms with E-state index in [1.165, 1.54) is 14.0 Å². The molecule has 0 aliphatic heterocycles. The number of carbonyl (C=O) groups excluding carboxylic acids is 2. The number of methoxy groups -OCH3 is 1. The molecule has 74 valence electrons. The van der Waals surface area contributed by atoms with E-state index in [0.29, 0.717) is 0 Å². The zero-order valence-electron chi connectivity index (χ0n) is 7.27. The van der Waals surface area contributed by atoms with Gasteiger partial charge < -0.3 is 10.1 Å². The molecule has 0 aliphatic carbocycles. The summed E-state index contributed by atoms with van der Waals surface area (Å²) in [4.78, 5) is 30.5. The monoisotopic (exact) mass is 190 g/mol. The minimum Gasteiger partial charge on any atom is -0.467 e. The van der Waals surface area contributed by atoms with Crippen molar-refractivity contribution in [3.8, 4) is 0 Å². The highest BCUT2D eigenvalue weighted by atomic mass is 16.6. The second kappa shape index (κ2) is 5.07. The predicted octanol–water partition coefficient (Wildman–Crippen LogP) is -1.06. The van der Waals surface area contributed by atoms with Crippen LogP contribution >= 0.6 is 0 Å². The molecule has 1 unspecified atom stereocenters. The number of rotatable bonds is 4. The Morgan fingerprint density at radius 2 is 2.15 bits per heavy atom. The Labute approximate surface area is 74.2 Å². The molecule has 1 atom stereocenters. The molecule has 0 aromatic rings. The number of nitrogens with zero attached hydrogens (tertiary/aromatic N) is 1. The van der Waals surface area contributed by atoms with Crippen LogP contribution in [0.1, 0.15) is 6.92 Å². The van der Waals surface area contributed by atoms with Crippen molar-refractivity contribution in [2.75, 3.05) is 13.7 Å². The molecule has 0 fully saturated rings. The first kappa shape index (κ1) is 11.3. The van der Waals surface area contributed by atoms with Gasteiger partial charge in [0, 0.05) is 4.92 Å². The van der Waals surface area contributed by atoms with E-state index >= 15 is 0 Å². The molecule has 0 saturated heterocycles. The molecule has 1 N–H and O–H groups in total. The number of hydrogen-bond acceptors (Lipinski definition) is 5. The van der Waals surface area contributed by atoms with E-state index in [9.17, 15) is 19.7 Å². The molecule has 13 heavy (non-hydrogen) atoms. The number of carbonyl (C=O) groups is 2. The van der Waals surface area contributed by atoms with Crippen molar-refractivity contribution < 1.29 is 19.2 Å². The lowest BCUT2D eigenvalue weighted by atomic mass is 10.3. The van der Waals surface area contributed by atoms with E-state index in [2.05, 4.69) is 10.1 Å². The summed E-state index contributed by atoms with van der Waals surface area (Å²) in [5.41, 5.74) is 0. The first-order chi connectivity index (χ1) is 5.97. The van der Waals surface area contributed by atoms with Crippen LogP contribution in [0.2, 0.25) is 0 Å². The third-order valence-corrected chi connectivity index (χ3v) is 1.20. The first-order valence-corrected chi connectivity index (χ1v) is 3.46. The third-order valence-electron chi connectivity index (χ3n) is 1.20. The Kier molecular flexibility index (Phi) is 4.42. The topological polar surface area (TPSA) is 98.5 Å². The highest BCUT2D eigenvalue weighted by Gasteiger charge is 2.18. The van der Waals surface area contributed by atoms with E-state index in [4.69, 9.17) is 0 Å². The lowest BCUT2D eigenvalue weighted by Crippen LogP contribution is -2.41. The second-order valence-electron chi connectivity index (χ2n) is 2.30. The van der Waals surface area contributed by atoms with Gasteiger partial charge in [-0.3, -0.25) is 14.9 Å². The maximum absolute atomic E-state index is 10.7. The highest BCUT2D eigenvalue weighted by molar-refractivity contribution is 5.84. The smallest absolute Gasteiger partial charge is 0.328 e. The molecule has 0 aliphatic rings. The van der Waals surface area contributed by atoms with Crippen molar-refractivity contribution in [1.29, 1.82) is 0 Å². The van der Waals surface area contributed by atoms with Gasteiger partial charge in [0.1, 0.15) is 6.04 Å². The predicted molar refractivity (Wildman–Crippen MR) is 41.5 cm³/mol. The lowest BCUT2D eigenvalue weighted by Gasteiger charge is -2.08. The molecule has 0 spiro atoms. The highest BCUT2D eigenvalue weighted by Crippen LogP contribution is 1.85. The largest absolute Gasteiger partial charge is 0.467 e. The average Bonchev–Trinajstić information content (AvgIpc) is 2.01. The van der Waals surface area contributed by atoms with Crippen LogP contribution in [-0.2, 0) is 14.3 Å². The van der Waals surface area contributed by atoms with Crippen molar-refractivity contribution in [1.82, 2.24) is 5.32 Å². The SMILES string of the molecule is COC(=O)C(C)NC(=O)C[N+](=O)[O-]. The van der Waals surface area contributed by atoms with Gasteiger partial charge in [-0.15, -0.1) is 0 Å². The van der Waals surface area contributed by atoms with Gasteiger partial charge in [0.15, 0.2) is 0 Å². The summed E-state index contributed by atoms with van der Waals surface area (Å²) >= 11 is 0. The normalized spacial score (nSPS) is 11.5. The Hall–Kier alpha value is -1.66. The fraction of sp³-hybridized carbons (Fsp3) is 0.667. The van der Waals surface area contributed by atoms with E-state index in [1.54, 1.807) is 0 Å². The minimum absolute atomic E-state index is 0.642. The standard InChI is InChI=1S/C6H10N2O5/c1-4(6(10)13-2)7-5(9)3-8(11)12/h4H,3H2,1-2H3,(H,7,9). The third kappa shape index (κ3) is 4.72. The molecule has 0 aromatic heterocycles. The van der Waals surface area contributed by atoms with Crippen LogP contribution in [0, 0.1) is 10.1 Å². The van der Waals surface area contributed by atoms with Gasteiger partial charge in [0.2, 0.25) is 0 Å². The Bertz CT molecular complexity index is 227. The summed E-state index contributed by atoms with van der Waals surface area (Å²) in [5.74, 6) is -1.46. The quantitative estimate of drug-likeness (QED) is 0.346. The van der Waals surface area contributed by atoms with Crippen molar-refractivity contribution in [3.05, 3.63) is 10.1 Å². The van der Waals surface area contributed by atoms with Crippen LogP contribution in [0.15, 0.2) is 0 Å². The summed E-state index contributed by atoms with van der Waals surface area (Å²) < 4.78 is 4.29. The molecular weight excluding hydrogens is 180 g/mol. The molecule has 1 amide bonds. The van der Waals surface area contributed by atoms with E-state index < -0.39 is 29.4 Å². The minimum atomic E-state index is -0.863. The van der Waals surface area contributed by atoms with Gasteiger partial charge in [0.25, 0.3) is 12.5 Å². The summed E-state index contributed by atoms with van der Waals surface area (Å²) in [5, 5.41) is 12.0. The zero-order chi connectivity index (χ0) is 10.4. The van der Waals surface area contributed by atoms with Crippen LogP contribution in [0.3, 0.4) is 0 Å². The molecular formula is C6H10N2O5. The van der Waals surface area contributed by atoms with Gasteiger partial charge in [-0.25, -0.2) is 4.79 Å². The van der Waals surface area contributed by atoms with Gasteiger partial charge in [-0.1, -0.05) is 0 Å². The van der Waals surface area contributed by atoms with Gasteiger partial charge >= 0.3 is 5.97 Å². The molecule has 0 saturated carbocycles. The zero-order valence-corrected chi connectivity index (χ0v) is 7.27. The van der Waals surface area contributed by atoms with Crippen LogP contribution < -0.4 is 5.32 Å². The average molecular weight is 190 g/mol. The maximum Gasteiger partial charge on any atom is 0.328 e. The number of amides is 1. The van der Waals surface area contributed by atoms with Crippen LogP contribution in [0.25, 0.3) is 0 Å². The number of esters is 1.